The molecule has 1 amide bonds. The van der Waals surface area contributed by atoms with Gasteiger partial charge in [-0.3, -0.25) is 4.79 Å². The molecule has 1 atom stereocenters. The molecule has 80 valence electrons. The predicted molar refractivity (Wildman–Crippen MR) is 58.5 cm³/mol. The third kappa shape index (κ3) is 2.12. The molecule has 0 bridgehead atoms. The van der Waals surface area contributed by atoms with Crippen LogP contribution in [0.25, 0.3) is 0 Å². The van der Waals surface area contributed by atoms with E-state index in [1.807, 2.05) is 17.0 Å². The average Bonchev–Trinajstić information content (AvgIpc) is 2.53. The van der Waals surface area contributed by atoms with Crippen LogP contribution in [0.1, 0.15) is 25.3 Å². The lowest BCUT2D eigenvalue weighted by atomic mass is 10.2. The molecule has 1 unspecified atom stereocenters. The van der Waals surface area contributed by atoms with Crippen molar-refractivity contribution < 1.29 is 4.79 Å². The van der Waals surface area contributed by atoms with Crippen LogP contribution < -0.4 is 0 Å². The Morgan fingerprint density at radius 1 is 1.67 bits per heavy atom. The Morgan fingerprint density at radius 2 is 2.47 bits per heavy atom. The Hall–Kier alpha value is -1.09. The number of halogens is 1. The van der Waals surface area contributed by atoms with Gasteiger partial charge in [0.15, 0.2) is 0 Å². The van der Waals surface area contributed by atoms with Crippen molar-refractivity contribution in [1.82, 2.24) is 9.88 Å². The van der Waals surface area contributed by atoms with Crippen LogP contribution in [0.3, 0.4) is 0 Å². The van der Waals surface area contributed by atoms with Crippen LogP contribution in [-0.4, -0.2) is 21.8 Å². The maximum absolute atomic E-state index is 11.6. The Kier molecular flexibility index (Phi) is 2.91. The van der Waals surface area contributed by atoms with E-state index in [1.165, 1.54) is 0 Å². The van der Waals surface area contributed by atoms with Crippen molar-refractivity contribution >= 4 is 17.5 Å². The topological polar surface area (TPSA) is 33.2 Å². The molecule has 1 aromatic rings. The van der Waals surface area contributed by atoms with E-state index in [-0.39, 0.29) is 5.91 Å². The van der Waals surface area contributed by atoms with Gasteiger partial charge >= 0.3 is 0 Å². The molecule has 1 saturated heterocycles. The van der Waals surface area contributed by atoms with Gasteiger partial charge in [-0.25, -0.2) is 4.98 Å². The van der Waals surface area contributed by atoms with E-state index in [0.29, 0.717) is 24.2 Å². The molecule has 3 nitrogen and oxygen atoms in total. The van der Waals surface area contributed by atoms with Gasteiger partial charge in [-0.2, -0.15) is 0 Å². The molecule has 1 aliphatic rings. The first-order chi connectivity index (χ1) is 7.18. The summed E-state index contributed by atoms with van der Waals surface area (Å²) in [4.78, 5) is 17.4. The monoisotopic (exact) mass is 224 g/mol. The van der Waals surface area contributed by atoms with Crippen molar-refractivity contribution in [2.75, 3.05) is 0 Å². The Morgan fingerprint density at radius 3 is 3.07 bits per heavy atom. The minimum atomic E-state index is 0.211. The number of hydrogen-bond acceptors (Lipinski definition) is 2. The van der Waals surface area contributed by atoms with Crippen molar-refractivity contribution in [3.8, 4) is 0 Å². The highest BCUT2D eigenvalue weighted by molar-refractivity contribution is 6.30. The first kappa shape index (κ1) is 10.4. The Bertz CT molecular complexity index is 381. The highest BCUT2D eigenvalue weighted by Gasteiger charge is 2.27. The third-order valence-corrected chi connectivity index (χ3v) is 3.15. The van der Waals surface area contributed by atoms with Crippen molar-refractivity contribution in [2.45, 2.75) is 32.4 Å². The normalized spacial score (nSPS) is 21.1. The molecule has 1 fully saturated rings. The summed E-state index contributed by atoms with van der Waals surface area (Å²) < 4.78 is 0. The molecule has 2 heterocycles. The van der Waals surface area contributed by atoms with E-state index < -0.39 is 0 Å². The summed E-state index contributed by atoms with van der Waals surface area (Å²) in [5.74, 6) is 0.211. The van der Waals surface area contributed by atoms with Gasteiger partial charge in [0.05, 0.1) is 0 Å². The first-order valence-corrected chi connectivity index (χ1v) is 5.45. The van der Waals surface area contributed by atoms with Crippen LogP contribution in [0, 0.1) is 0 Å². The summed E-state index contributed by atoms with van der Waals surface area (Å²) >= 11 is 5.95. The molecule has 0 spiro atoms. The van der Waals surface area contributed by atoms with Crippen molar-refractivity contribution in [1.29, 1.82) is 0 Å². The third-order valence-electron chi connectivity index (χ3n) is 2.81. The molecule has 2 rings (SSSR count). The Balaban J connectivity index is 2.15. The second kappa shape index (κ2) is 4.19. The van der Waals surface area contributed by atoms with Gasteiger partial charge in [-0.15, -0.1) is 0 Å². The molecule has 0 aliphatic carbocycles. The smallest absolute Gasteiger partial charge is 0.223 e. The number of carbonyl (C=O) groups excluding carboxylic acids is 1. The zero-order chi connectivity index (χ0) is 10.8. The summed E-state index contributed by atoms with van der Waals surface area (Å²) in [6, 6.07) is 4.06. The molecule has 0 aromatic carbocycles. The van der Waals surface area contributed by atoms with Crippen molar-refractivity contribution in [3.05, 3.63) is 29.0 Å². The Labute approximate surface area is 94.1 Å². The van der Waals surface area contributed by atoms with Gasteiger partial charge in [0.2, 0.25) is 5.91 Å². The second-order valence-corrected chi connectivity index (χ2v) is 4.22. The van der Waals surface area contributed by atoms with Crippen molar-refractivity contribution in [2.24, 2.45) is 0 Å². The highest BCUT2D eigenvalue weighted by Crippen LogP contribution is 2.22. The van der Waals surface area contributed by atoms with E-state index >= 15 is 0 Å². The minimum Gasteiger partial charge on any atom is -0.336 e. The zero-order valence-corrected chi connectivity index (χ0v) is 9.37. The van der Waals surface area contributed by atoms with Crippen molar-refractivity contribution in [3.63, 3.8) is 0 Å². The van der Waals surface area contributed by atoms with E-state index in [4.69, 9.17) is 11.6 Å². The summed E-state index contributed by atoms with van der Waals surface area (Å²) in [7, 11) is 0. The summed E-state index contributed by atoms with van der Waals surface area (Å²) in [5, 5.41) is 0.490. The second-order valence-electron chi connectivity index (χ2n) is 3.86. The molecule has 15 heavy (non-hydrogen) atoms. The van der Waals surface area contributed by atoms with E-state index in [0.717, 1.165) is 12.0 Å². The summed E-state index contributed by atoms with van der Waals surface area (Å²) in [6.07, 6.45) is 3.25. The number of rotatable bonds is 2. The first-order valence-electron chi connectivity index (χ1n) is 5.07. The van der Waals surface area contributed by atoms with Gasteiger partial charge in [0.1, 0.15) is 5.15 Å². The number of carbonyl (C=O) groups is 1. The molecule has 0 saturated carbocycles. The van der Waals surface area contributed by atoms with E-state index in [9.17, 15) is 4.79 Å². The van der Waals surface area contributed by atoms with Gasteiger partial charge in [0.25, 0.3) is 0 Å². The van der Waals surface area contributed by atoms with Crippen LogP contribution in [0.15, 0.2) is 18.3 Å². The summed E-state index contributed by atoms with van der Waals surface area (Å²) in [5.41, 5.74) is 0.918. The fraction of sp³-hybridized carbons (Fsp3) is 0.455. The van der Waals surface area contributed by atoms with Crippen LogP contribution in [0.4, 0.5) is 0 Å². The standard InChI is InChI=1S/C11H13ClN2O/c1-8-4-5-10(15)14(8)7-9-3-2-6-13-11(9)12/h2-3,6,8H,4-5,7H2,1H3. The van der Waals surface area contributed by atoms with E-state index in [2.05, 4.69) is 11.9 Å². The number of likely N-dealkylation sites (tertiary alicyclic amines) is 1. The number of aromatic nitrogens is 1. The molecule has 1 aromatic heterocycles. The number of hydrogen-bond donors (Lipinski definition) is 0. The minimum absolute atomic E-state index is 0.211. The largest absolute Gasteiger partial charge is 0.336 e. The fourth-order valence-electron chi connectivity index (χ4n) is 1.84. The lowest BCUT2D eigenvalue weighted by Crippen LogP contribution is -2.30. The average molecular weight is 225 g/mol. The molecular formula is C11H13ClN2O. The lowest BCUT2D eigenvalue weighted by Gasteiger charge is -2.21. The molecule has 4 heteroatoms. The van der Waals surface area contributed by atoms with Gasteiger partial charge < -0.3 is 4.90 Å². The molecular weight excluding hydrogens is 212 g/mol. The van der Waals surface area contributed by atoms with Crippen LogP contribution in [0.5, 0.6) is 0 Å². The molecule has 0 N–H and O–H groups in total. The fourth-order valence-corrected chi connectivity index (χ4v) is 2.02. The van der Waals surface area contributed by atoms with Crippen LogP contribution in [0.2, 0.25) is 5.15 Å². The zero-order valence-electron chi connectivity index (χ0n) is 8.61. The lowest BCUT2D eigenvalue weighted by molar-refractivity contribution is -0.129. The predicted octanol–water partition coefficient (Wildman–Crippen LogP) is 2.25. The quantitative estimate of drug-likeness (QED) is 0.722. The van der Waals surface area contributed by atoms with Crippen LogP contribution >= 0.6 is 11.6 Å². The number of nitrogens with zero attached hydrogens (tertiary/aromatic N) is 2. The van der Waals surface area contributed by atoms with Gasteiger partial charge in [0, 0.05) is 30.8 Å². The number of pyridine rings is 1. The molecule has 1 aliphatic heterocycles. The van der Waals surface area contributed by atoms with Gasteiger partial charge in [-0.1, -0.05) is 17.7 Å². The van der Waals surface area contributed by atoms with E-state index in [1.54, 1.807) is 6.20 Å². The maximum Gasteiger partial charge on any atom is 0.223 e. The maximum atomic E-state index is 11.6. The molecule has 0 radical (unpaired) electrons. The summed E-state index contributed by atoms with van der Waals surface area (Å²) in [6.45, 7) is 2.64. The van der Waals surface area contributed by atoms with Crippen LogP contribution in [-0.2, 0) is 11.3 Å². The highest BCUT2D eigenvalue weighted by atomic mass is 35.5. The number of amides is 1. The van der Waals surface area contributed by atoms with Gasteiger partial charge in [-0.05, 0) is 19.4 Å². The SMILES string of the molecule is CC1CCC(=O)N1Cc1cccnc1Cl.